The first-order valence-electron chi connectivity index (χ1n) is 6.38. The molecule has 0 N–H and O–H groups in total. The first kappa shape index (κ1) is 14.1. The van der Waals surface area contributed by atoms with E-state index < -0.39 is 0 Å². The van der Waals surface area contributed by atoms with E-state index in [0.29, 0.717) is 11.4 Å². The number of aromatic nitrogens is 2. The quantitative estimate of drug-likeness (QED) is 0.621. The van der Waals surface area contributed by atoms with E-state index >= 15 is 0 Å². The summed E-state index contributed by atoms with van der Waals surface area (Å²) < 4.78 is 3.01. The standard InChI is InChI=1S/C16H11BrClN3/c1-10-2-4-12(17)7-14(10)21-15-6-11(9-19)3-5-13(15)20-16(21)8-18/h2-7H,8H2,1H3. The number of alkyl halides is 1. The van der Waals surface area contributed by atoms with Crippen molar-refractivity contribution in [3.05, 3.63) is 57.8 Å². The number of halogens is 2. The van der Waals surface area contributed by atoms with Crippen molar-refractivity contribution in [3.8, 4) is 11.8 Å². The van der Waals surface area contributed by atoms with Crippen LogP contribution >= 0.6 is 27.5 Å². The van der Waals surface area contributed by atoms with E-state index in [1.807, 2.05) is 41.8 Å². The highest BCUT2D eigenvalue weighted by molar-refractivity contribution is 9.10. The van der Waals surface area contributed by atoms with Gasteiger partial charge in [0.05, 0.1) is 34.2 Å². The van der Waals surface area contributed by atoms with Crippen LogP contribution in [-0.2, 0) is 5.88 Å². The van der Waals surface area contributed by atoms with E-state index in [9.17, 15) is 0 Å². The molecule has 0 aliphatic carbocycles. The minimum Gasteiger partial charge on any atom is -0.295 e. The molecule has 104 valence electrons. The molecular weight excluding hydrogens is 350 g/mol. The van der Waals surface area contributed by atoms with Crippen LogP contribution in [-0.4, -0.2) is 9.55 Å². The largest absolute Gasteiger partial charge is 0.295 e. The van der Waals surface area contributed by atoms with Crippen LogP contribution in [0.1, 0.15) is 17.0 Å². The summed E-state index contributed by atoms with van der Waals surface area (Å²) in [6.07, 6.45) is 0. The van der Waals surface area contributed by atoms with Crippen LogP contribution < -0.4 is 0 Å². The lowest BCUT2D eigenvalue weighted by Crippen LogP contribution is -2.01. The smallest absolute Gasteiger partial charge is 0.129 e. The van der Waals surface area contributed by atoms with Gasteiger partial charge in [-0.25, -0.2) is 4.98 Å². The van der Waals surface area contributed by atoms with Gasteiger partial charge < -0.3 is 0 Å². The van der Waals surface area contributed by atoms with Crippen LogP contribution in [0.4, 0.5) is 0 Å². The Morgan fingerprint density at radius 1 is 1.29 bits per heavy atom. The van der Waals surface area contributed by atoms with Crippen molar-refractivity contribution in [1.29, 1.82) is 5.26 Å². The Balaban J connectivity index is 2.39. The van der Waals surface area contributed by atoms with E-state index in [4.69, 9.17) is 16.9 Å². The molecule has 0 spiro atoms. The molecule has 0 saturated heterocycles. The fraction of sp³-hybridized carbons (Fsp3) is 0.125. The molecule has 3 aromatic rings. The highest BCUT2D eigenvalue weighted by Gasteiger charge is 2.14. The van der Waals surface area contributed by atoms with Crippen molar-refractivity contribution in [2.75, 3.05) is 0 Å². The van der Waals surface area contributed by atoms with Crippen molar-refractivity contribution in [1.82, 2.24) is 9.55 Å². The molecule has 5 heteroatoms. The highest BCUT2D eigenvalue weighted by Crippen LogP contribution is 2.27. The van der Waals surface area contributed by atoms with Crippen molar-refractivity contribution in [2.45, 2.75) is 12.8 Å². The third-order valence-corrected chi connectivity index (χ3v) is 4.12. The lowest BCUT2D eigenvalue weighted by atomic mass is 10.1. The predicted molar refractivity (Wildman–Crippen MR) is 87.8 cm³/mol. The summed E-state index contributed by atoms with van der Waals surface area (Å²) in [6.45, 7) is 2.04. The van der Waals surface area contributed by atoms with E-state index in [1.165, 1.54) is 0 Å². The minimum atomic E-state index is 0.308. The van der Waals surface area contributed by atoms with Gasteiger partial charge in [0.15, 0.2) is 0 Å². The van der Waals surface area contributed by atoms with Gasteiger partial charge in [0.2, 0.25) is 0 Å². The van der Waals surface area contributed by atoms with E-state index in [2.05, 4.69) is 27.0 Å². The van der Waals surface area contributed by atoms with Crippen LogP contribution in [0, 0.1) is 18.3 Å². The van der Waals surface area contributed by atoms with Crippen LogP contribution in [0.3, 0.4) is 0 Å². The van der Waals surface area contributed by atoms with Gasteiger partial charge in [-0.1, -0.05) is 22.0 Å². The second-order valence-electron chi connectivity index (χ2n) is 4.74. The zero-order chi connectivity index (χ0) is 15.0. The number of aryl methyl sites for hydroxylation is 1. The van der Waals surface area contributed by atoms with Gasteiger partial charge >= 0.3 is 0 Å². The summed E-state index contributed by atoms with van der Waals surface area (Å²) in [5.41, 5.74) is 4.47. The maximum Gasteiger partial charge on any atom is 0.129 e. The third kappa shape index (κ3) is 2.44. The molecule has 1 aromatic heterocycles. The normalized spacial score (nSPS) is 10.8. The second-order valence-corrected chi connectivity index (χ2v) is 5.93. The number of fused-ring (bicyclic) bond motifs is 1. The fourth-order valence-electron chi connectivity index (χ4n) is 2.38. The average Bonchev–Trinajstić information content (AvgIpc) is 2.87. The maximum atomic E-state index is 9.11. The zero-order valence-electron chi connectivity index (χ0n) is 11.3. The van der Waals surface area contributed by atoms with E-state index in [-0.39, 0.29) is 0 Å². The minimum absolute atomic E-state index is 0.308. The van der Waals surface area contributed by atoms with E-state index in [1.54, 1.807) is 6.07 Å². The number of hydrogen-bond donors (Lipinski definition) is 0. The Kier molecular flexibility index (Phi) is 3.71. The number of nitriles is 1. The van der Waals surface area contributed by atoms with Gasteiger partial charge in [-0.2, -0.15) is 5.26 Å². The van der Waals surface area contributed by atoms with Crippen molar-refractivity contribution in [2.24, 2.45) is 0 Å². The Hall–Kier alpha value is -1.83. The average molecular weight is 361 g/mol. The molecule has 0 atom stereocenters. The zero-order valence-corrected chi connectivity index (χ0v) is 13.6. The molecule has 1 heterocycles. The molecule has 3 nitrogen and oxygen atoms in total. The molecule has 0 amide bonds. The second kappa shape index (κ2) is 5.51. The number of rotatable bonds is 2. The van der Waals surface area contributed by atoms with Crippen LogP contribution in [0.15, 0.2) is 40.9 Å². The van der Waals surface area contributed by atoms with Crippen LogP contribution in [0.2, 0.25) is 0 Å². The first-order chi connectivity index (χ1) is 10.1. The monoisotopic (exact) mass is 359 g/mol. The Morgan fingerprint density at radius 3 is 2.81 bits per heavy atom. The van der Waals surface area contributed by atoms with Crippen LogP contribution in [0.5, 0.6) is 0 Å². The summed E-state index contributed by atoms with van der Waals surface area (Å²) in [5, 5.41) is 9.11. The van der Waals surface area contributed by atoms with Gasteiger partial charge in [-0.05, 0) is 42.8 Å². The molecule has 0 unspecified atom stereocenters. The molecule has 0 fully saturated rings. The number of imidazole rings is 1. The number of benzene rings is 2. The topological polar surface area (TPSA) is 41.6 Å². The molecular formula is C16H11BrClN3. The third-order valence-electron chi connectivity index (χ3n) is 3.38. The molecule has 0 radical (unpaired) electrons. The fourth-order valence-corrected chi connectivity index (χ4v) is 2.90. The Morgan fingerprint density at radius 2 is 2.10 bits per heavy atom. The molecule has 2 aromatic carbocycles. The van der Waals surface area contributed by atoms with Crippen LogP contribution in [0.25, 0.3) is 16.7 Å². The molecule has 0 aliphatic rings. The maximum absolute atomic E-state index is 9.11. The summed E-state index contributed by atoms with van der Waals surface area (Å²) in [4.78, 5) is 4.56. The highest BCUT2D eigenvalue weighted by atomic mass is 79.9. The predicted octanol–water partition coefficient (Wildman–Crippen LogP) is 4.71. The molecule has 0 saturated carbocycles. The van der Waals surface area contributed by atoms with E-state index in [0.717, 1.165) is 32.6 Å². The lowest BCUT2D eigenvalue weighted by Gasteiger charge is -2.11. The molecule has 21 heavy (non-hydrogen) atoms. The van der Waals surface area contributed by atoms with Gasteiger partial charge in [0.1, 0.15) is 5.82 Å². The Bertz CT molecular complexity index is 877. The van der Waals surface area contributed by atoms with Crippen molar-refractivity contribution >= 4 is 38.6 Å². The molecule has 0 aliphatic heterocycles. The van der Waals surface area contributed by atoms with Gasteiger partial charge in [-0.3, -0.25) is 4.57 Å². The molecule has 3 rings (SSSR count). The van der Waals surface area contributed by atoms with Crippen molar-refractivity contribution in [3.63, 3.8) is 0 Å². The molecule has 0 bridgehead atoms. The Labute approximate surface area is 135 Å². The van der Waals surface area contributed by atoms with Crippen molar-refractivity contribution < 1.29 is 0 Å². The first-order valence-corrected chi connectivity index (χ1v) is 7.71. The number of nitrogens with zero attached hydrogens (tertiary/aromatic N) is 3. The van der Waals surface area contributed by atoms with Gasteiger partial charge in [-0.15, -0.1) is 11.6 Å². The lowest BCUT2D eigenvalue weighted by molar-refractivity contribution is 0.971. The number of hydrogen-bond acceptors (Lipinski definition) is 2. The SMILES string of the molecule is Cc1ccc(Br)cc1-n1c(CCl)nc2ccc(C#N)cc21. The summed E-state index contributed by atoms with van der Waals surface area (Å²) in [6, 6.07) is 13.7. The van der Waals surface area contributed by atoms with Gasteiger partial charge in [0, 0.05) is 4.47 Å². The van der Waals surface area contributed by atoms with Gasteiger partial charge in [0.25, 0.3) is 0 Å². The summed E-state index contributed by atoms with van der Waals surface area (Å²) in [5.74, 6) is 1.07. The summed E-state index contributed by atoms with van der Waals surface area (Å²) >= 11 is 9.56. The summed E-state index contributed by atoms with van der Waals surface area (Å²) in [7, 11) is 0.